The first kappa shape index (κ1) is 20.6. The van der Waals surface area contributed by atoms with Gasteiger partial charge < -0.3 is 15.1 Å². The van der Waals surface area contributed by atoms with Gasteiger partial charge in [-0.1, -0.05) is 41.6 Å². The Morgan fingerprint density at radius 2 is 1.32 bits per heavy atom. The van der Waals surface area contributed by atoms with Crippen molar-refractivity contribution >= 4 is 5.71 Å². The van der Waals surface area contributed by atoms with Crippen LogP contribution >= 0.6 is 0 Å². The summed E-state index contributed by atoms with van der Waals surface area (Å²) < 4.78 is 0. The van der Waals surface area contributed by atoms with E-state index < -0.39 is 34.8 Å². The molecule has 2 atom stereocenters. The predicted octanol–water partition coefficient (Wildman–Crippen LogP) is 2.52. The smallest absolute Gasteiger partial charge is 0.216 e. The van der Waals surface area contributed by atoms with Gasteiger partial charge in [0, 0.05) is 21.0 Å². The lowest BCUT2D eigenvalue weighted by molar-refractivity contribution is -0.483. The second kappa shape index (κ2) is 9.31. The molecule has 0 aromatic heterocycles. The summed E-state index contributed by atoms with van der Waals surface area (Å²) >= 11 is 0. The van der Waals surface area contributed by atoms with Crippen LogP contribution in [0.2, 0.25) is 0 Å². The van der Waals surface area contributed by atoms with E-state index in [1.807, 2.05) is 0 Å². The quantitative estimate of drug-likeness (QED) is 0.380. The number of para-hydroxylation sites is 2. The number of hydrogen-bond donors (Lipinski definition) is 2. The first-order valence-electron chi connectivity index (χ1n) is 8.25. The Labute approximate surface area is 160 Å². The molecule has 2 aromatic rings. The molecular formula is C18H19N3O7. The minimum atomic E-state index is -1.11. The average Bonchev–Trinajstić information content (AvgIpc) is 2.64. The molecular weight excluding hydrogens is 370 g/mol. The Balaban J connectivity index is 2.66. The predicted molar refractivity (Wildman–Crippen MR) is 99.9 cm³/mol. The SMILES string of the molecule is CON=C(C(C[N+](=O)[O-])c1ccccc1O)C(C[N+](=O)[O-])c1ccccc1O. The van der Waals surface area contributed by atoms with E-state index in [1.165, 1.54) is 31.4 Å². The van der Waals surface area contributed by atoms with Crippen LogP contribution in [0.15, 0.2) is 53.7 Å². The zero-order valence-electron chi connectivity index (χ0n) is 15.0. The maximum Gasteiger partial charge on any atom is 0.216 e. The number of phenols is 2. The molecule has 0 aliphatic carbocycles. The normalized spacial score (nSPS) is 12.6. The first-order chi connectivity index (χ1) is 13.3. The van der Waals surface area contributed by atoms with Crippen molar-refractivity contribution in [2.75, 3.05) is 20.2 Å². The molecule has 0 aliphatic heterocycles. The molecule has 10 nitrogen and oxygen atoms in total. The van der Waals surface area contributed by atoms with Crippen molar-refractivity contribution in [1.82, 2.24) is 0 Å². The highest BCUT2D eigenvalue weighted by molar-refractivity contribution is 5.97. The molecule has 10 heteroatoms. The number of aromatic hydroxyl groups is 2. The number of nitrogens with zero attached hydrogens (tertiary/aromatic N) is 3. The van der Waals surface area contributed by atoms with Crippen LogP contribution in [-0.2, 0) is 4.84 Å². The Hall–Kier alpha value is -3.69. The van der Waals surface area contributed by atoms with Crippen LogP contribution in [0.5, 0.6) is 11.5 Å². The van der Waals surface area contributed by atoms with Gasteiger partial charge in [0.1, 0.15) is 18.6 Å². The van der Waals surface area contributed by atoms with Gasteiger partial charge in [0.2, 0.25) is 13.1 Å². The van der Waals surface area contributed by atoms with E-state index in [0.29, 0.717) is 0 Å². The van der Waals surface area contributed by atoms with E-state index in [1.54, 1.807) is 24.3 Å². The van der Waals surface area contributed by atoms with Crippen LogP contribution in [-0.4, -0.2) is 46.0 Å². The number of nitro groups is 2. The second-order valence-corrected chi connectivity index (χ2v) is 5.95. The molecule has 2 N–H and O–H groups in total. The van der Waals surface area contributed by atoms with Gasteiger partial charge in [-0.25, -0.2) is 0 Å². The Morgan fingerprint density at radius 3 is 1.64 bits per heavy atom. The van der Waals surface area contributed by atoms with Crippen LogP contribution in [0.25, 0.3) is 0 Å². The third-order valence-corrected chi connectivity index (χ3v) is 4.20. The largest absolute Gasteiger partial charge is 0.508 e. The van der Waals surface area contributed by atoms with Crippen LogP contribution in [0.1, 0.15) is 23.0 Å². The molecule has 2 aromatic carbocycles. The van der Waals surface area contributed by atoms with Crippen LogP contribution in [0, 0.1) is 20.2 Å². The third kappa shape index (κ3) is 4.93. The molecule has 148 valence electrons. The Bertz CT molecular complexity index is 817. The molecule has 0 spiro atoms. The fraction of sp³-hybridized carbons (Fsp3) is 0.278. The summed E-state index contributed by atoms with van der Waals surface area (Å²) in [5.74, 6) is -2.65. The molecule has 2 rings (SSSR count). The lowest BCUT2D eigenvalue weighted by Gasteiger charge is -2.23. The minimum absolute atomic E-state index is 0.0427. The fourth-order valence-corrected chi connectivity index (χ4v) is 3.04. The molecule has 2 unspecified atom stereocenters. The van der Waals surface area contributed by atoms with Crippen LogP contribution in [0.4, 0.5) is 0 Å². The summed E-state index contributed by atoms with van der Waals surface area (Å²) in [6.07, 6.45) is 0. The highest BCUT2D eigenvalue weighted by Gasteiger charge is 2.37. The number of rotatable bonds is 9. The van der Waals surface area contributed by atoms with Crippen molar-refractivity contribution in [1.29, 1.82) is 0 Å². The number of hydrogen-bond acceptors (Lipinski definition) is 8. The van der Waals surface area contributed by atoms with Crippen molar-refractivity contribution in [3.63, 3.8) is 0 Å². The molecule has 0 radical (unpaired) electrons. The van der Waals surface area contributed by atoms with E-state index in [4.69, 9.17) is 4.84 Å². The lowest BCUT2D eigenvalue weighted by atomic mass is 9.82. The summed E-state index contributed by atoms with van der Waals surface area (Å²) in [4.78, 5) is 26.2. The Morgan fingerprint density at radius 1 is 0.929 bits per heavy atom. The summed E-state index contributed by atoms with van der Waals surface area (Å²) in [6, 6.07) is 11.9. The molecule has 0 saturated heterocycles. The first-order valence-corrected chi connectivity index (χ1v) is 8.25. The van der Waals surface area contributed by atoms with Crippen LogP contribution in [0.3, 0.4) is 0 Å². The molecule has 0 saturated carbocycles. The lowest BCUT2D eigenvalue weighted by Crippen LogP contribution is -2.31. The molecule has 0 heterocycles. The molecule has 28 heavy (non-hydrogen) atoms. The topological polar surface area (TPSA) is 148 Å². The zero-order valence-corrected chi connectivity index (χ0v) is 15.0. The number of phenolic OH excluding ortho intramolecular Hbond substituents is 2. The molecule has 0 amide bonds. The maximum atomic E-state index is 11.3. The van der Waals surface area contributed by atoms with Gasteiger partial charge >= 0.3 is 0 Å². The number of oxime groups is 1. The summed E-state index contributed by atoms with van der Waals surface area (Å²) in [5.41, 5.74) is 0.316. The highest BCUT2D eigenvalue weighted by Crippen LogP contribution is 2.35. The van der Waals surface area contributed by atoms with Gasteiger partial charge in [-0.2, -0.15) is 0 Å². The van der Waals surface area contributed by atoms with Gasteiger partial charge in [-0.3, -0.25) is 20.2 Å². The van der Waals surface area contributed by atoms with Gasteiger partial charge in [0.15, 0.2) is 0 Å². The highest BCUT2D eigenvalue weighted by atomic mass is 16.6. The fourth-order valence-electron chi connectivity index (χ4n) is 3.04. The minimum Gasteiger partial charge on any atom is -0.508 e. The standard InChI is InChI=1S/C18H19N3O7/c1-28-19-18(14(10-20(24)25)12-6-2-4-8-16(12)22)15(11-21(26)27)13-7-3-5-9-17(13)23/h2-9,14-15,22-23H,10-11H2,1H3. The molecule has 0 aliphatic rings. The molecule has 0 fully saturated rings. The Kier molecular flexibility index (Phi) is 6.85. The summed E-state index contributed by atoms with van der Waals surface area (Å²) in [5, 5.41) is 46.8. The monoisotopic (exact) mass is 389 g/mol. The van der Waals surface area contributed by atoms with Crippen molar-refractivity contribution in [3.05, 3.63) is 79.9 Å². The summed E-state index contributed by atoms with van der Waals surface area (Å²) in [7, 11) is 1.21. The van der Waals surface area contributed by atoms with Gasteiger partial charge in [0.05, 0.1) is 17.5 Å². The summed E-state index contributed by atoms with van der Waals surface area (Å²) in [6.45, 7) is -1.36. The van der Waals surface area contributed by atoms with Gasteiger partial charge in [-0.15, -0.1) is 0 Å². The third-order valence-electron chi connectivity index (χ3n) is 4.20. The average molecular weight is 389 g/mol. The van der Waals surface area contributed by atoms with E-state index in [0.717, 1.165) is 0 Å². The second-order valence-electron chi connectivity index (χ2n) is 5.95. The van der Waals surface area contributed by atoms with Crippen molar-refractivity contribution in [2.24, 2.45) is 5.16 Å². The van der Waals surface area contributed by atoms with Crippen LogP contribution < -0.4 is 0 Å². The maximum absolute atomic E-state index is 11.3. The van der Waals surface area contributed by atoms with Crippen molar-refractivity contribution in [2.45, 2.75) is 11.8 Å². The zero-order chi connectivity index (χ0) is 20.7. The van der Waals surface area contributed by atoms with E-state index >= 15 is 0 Å². The van der Waals surface area contributed by atoms with Gasteiger partial charge in [-0.05, 0) is 12.1 Å². The van der Waals surface area contributed by atoms with Gasteiger partial charge in [0.25, 0.3) is 0 Å². The van der Waals surface area contributed by atoms with E-state index in [9.17, 15) is 30.4 Å². The van der Waals surface area contributed by atoms with Crippen molar-refractivity contribution < 1.29 is 24.9 Å². The van der Waals surface area contributed by atoms with E-state index in [-0.39, 0.29) is 28.3 Å². The van der Waals surface area contributed by atoms with E-state index in [2.05, 4.69) is 5.16 Å². The van der Waals surface area contributed by atoms with Crippen molar-refractivity contribution in [3.8, 4) is 11.5 Å². The molecule has 0 bridgehead atoms. The number of benzene rings is 2.